The van der Waals surface area contributed by atoms with Gasteiger partial charge in [-0.3, -0.25) is 14.5 Å². The summed E-state index contributed by atoms with van der Waals surface area (Å²) in [6.45, 7) is 5.63. The third-order valence-electron chi connectivity index (χ3n) is 3.87. The van der Waals surface area contributed by atoms with Gasteiger partial charge in [-0.25, -0.2) is 0 Å². The average Bonchev–Trinajstić information content (AvgIpc) is 2.53. The summed E-state index contributed by atoms with van der Waals surface area (Å²) in [7, 11) is 1.63. The van der Waals surface area contributed by atoms with Gasteiger partial charge in [-0.05, 0) is 0 Å². The Hall–Kier alpha value is -1.18. The average molecular weight is 284 g/mol. The highest BCUT2D eigenvalue weighted by Gasteiger charge is 2.29. The Morgan fingerprint density at radius 1 is 1.30 bits per heavy atom. The fraction of sp³-hybridized carbons (Fsp3) is 0.846. The molecular formula is C13H24N4O3. The summed E-state index contributed by atoms with van der Waals surface area (Å²) in [5, 5.41) is 5.88. The van der Waals surface area contributed by atoms with Crippen LogP contribution in [0.5, 0.6) is 0 Å². The van der Waals surface area contributed by atoms with E-state index in [2.05, 4.69) is 10.6 Å². The summed E-state index contributed by atoms with van der Waals surface area (Å²) in [5.41, 5.74) is 0. The van der Waals surface area contributed by atoms with Crippen molar-refractivity contribution in [1.29, 1.82) is 0 Å². The number of likely N-dealkylation sites (N-methyl/N-ethyl adjacent to an activating group) is 1. The van der Waals surface area contributed by atoms with Crippen molar-refractivity contribution in [3.63, 3.8) is 0 Å². The topological polar surface area (TPSA) is 73.9 Å². The SMILES string of the molecule is CNC(=O)C1COCCN1CCC(=O)N1CCNCC1. The number of carbonyl (C=O) groups excluding carboxylic acids is 2. The van der Waals surface area contributed by atoms with Crippen molar-refractivity contribution in [2.75, 3.05) is 59.5 Å². The van der Waals surface area contributed by atoms with E-state index in [0.717, 1.165) is 26.2 Å². The maximum Gasteiger partial charge on any atom is 0.239 e. The zero-order chi connectivity index (χ0) is 14.4. The first-order valence-electron chi connectivity index (χ1n) is 7.24. The monoisotopic (exact) mass is 284 g/mol. The van der Waals surface area contributed by atoms with E-state index in [0.29, 0.717) is 32.7 Å². The molecule has 114 valence electrons. The van der Waals surface area contributed by atoms with Gasteiger partial charge in [-0.15, -0.1) is 0 Å². The molecule has 0 spiro atoms. The first kappa shape index (κ1) is 15.2. The Kier molecular flexibility index (Phi) is 5.75. The van der Waals surface area contributed by atoms with E-state index in [4.69, 9.17) is 4.74 Å². The first-order chi connectivity index (χ1) is 9.72. The molecule has 20 heavy (non-hydrogen) atoms. The zero-order valence-corrected chi connectivity index (χ0v) is 12.1. The fourth-order valence-electron chi connectivity index (χ4n) is 2.63. The number of nitrogens with zero attached hydrogens (tertiary/aromatic N) is 2. The number of hydrogen-bond acceptors (Lipinski definition) is 5. The van der Waals surface area contributed by atoms with Crippen LogP contribution < -0.4 is 10.6 Å². The molecule has 1 atom stereocenters. The number of hydrogen-bond donors (Lipinski definition) is 2. The predicted molar refractivity (Wildman–Crippen MR) is 74.3 cm³/mol. The molecule has 0 bridgehead atoms. The number of piperazine rings is 1. The molecule has 0 aromatic heterocycles. The molecule has 2 aliphatic rings. The molecule has 2 rings (SSSR count). The maximum atomic E-state index is 12.1. The number of ether oxygens (including phenoxy) is 1. The Labute approximate surface area is 119 Å². The van der Waals surface area contributed by atoms with Gasteiger partial charge in [-0.2, -0.15) is 0 Å². The molecule has 0 radical (unpaired) electrons. The van der Waals surface area contributed by atoms with E-state index in [1.165, 1.54) is 0 Å². The predicted octanol–water partition coefficient (Wildman–Crippen LogP) is -1.74. The van der Waals surface area contributed by atoms with Crippen LogP contribution in [0.4, 0.5) is 0 Å². The number of nitrogens with one attached hydrogen (secondary N) is 2. The van der Waals surface area contributed by atoms with Gasteiger partial charge in [0, 0.05) is 52.7 Å². The van der Waals surface area contributed by atoms with Crippen molar-refractivity contribution in [2.45, 2.75) is 12.5 Å². The van der Waals surface area contributed by atoms with Gasteiger partial charge in [0.1, 0.15) is 6.04 Å². The Bertz CT molecular complexity index is 345. The summed E-state index contributed by atoms with van der Waals surface area (Å²) >= 11 is 0. The lowest BCUT2D eigenvalue weighted by atomic mass is 10.2. The van der Waals surface area contributed by atoms with Crippen LogP contribution in [0.25, 0.3) is 0 Å². The minimum absolute atomic E-state index is 0.0423. The molecular weight excluding hydrogens is 260 g/mol. The van der Waals surface area contributed by atoms with E-state index in [9.17, 15) is 9.59 Å². The van der Waals surface area contributed by atoms with Crippen LogP contribution >= 0.6 is 0 Å². The Balaban J connectivity index is 1.81. The van der Waals surface area contributed by atoms with Gasteiger partial charge >= 0.3 is 0 Å². The van der Waals surface area contributed by atoms with E-state index in [-0.39, 0.29) is 17.9 Å². The summed E-state index contributed by atoms with van der Waals surface area (Å²) in [6, 6.07) is -0.274. The van der Waals surface area contributed by atoms with Gasteiger partial charge in [0.05, 0.1) is 13.2 Å². The second-order valence-electron chi connectivity index (χ2n) is 5.12. The molecule has 0 aliphatic carbocycles. The van der Waals surface area contributed by atoms with E-state index in [1.807, 2.05) is 9.80 Å². The first-order valence-corrected chi connectivity index (χ1v) is 7.24. The third kappa shape index (κ3) is 3.91. The van der Waals surface area contributed by atoms with E-state index in [1.54, 1.807) is 7.05 Å². The number of amides is 2. The van der Waals surface area contributed by atoms with Crippen molar-refractivity contribution in [3.8, 4) is 0 Å². The Morgan fingerprint density at radius 2 is 2.05 bits per heavy atom. The third-order valence-corrected chi connectivity index (χ3v) is 3.87. The van der Waals surface area contributed by atoms with Crippen molar-refractivity contribution >= 4 is 11.8 Å². The van der Waals surface area contributed by atoms with Gasteiger partial charge in [-0.1, -0.05) is 0 Å². The second-order valence-corrected chi connectivity index (χ2v) is 5.12. The largest absolute Gasteiger partial charge is 0.378 e. The van der Waals surface area contributed by atoms with Crippen molar-refractivity contribution in [3.05, 3.63) is 0 Å². The number of rotatable bonds is 4. The zero-order valence-electron chi connectivity index (χ0n) is 12.1. The fourth-order valence-corrected chi connectivity index (χ4v) is 2.63. The second kappa shape index (κ2) is 7.56. The summed E-state index contributed by atoms with van der Waals surface area (Å²) < 4.78 is 5.35. The minimum Gasteiger partial charge on any atom is -0.378 e. The lowest BCUT2D eigenvalue weighted by molar-refractivity contribution is -0.136. The van der Waals surface area contributed by atoms with E-state index < -0.39 is 0 Å². The van der Waals surface area contributed by atoms with Crippen LogP contribution in [-0.2, 0) is 14.3 Å². The van der Waals surface area contributed by atoms with Crippen molar-refractivity contribution in [2.24, 2.45) is 0 Å². The van der Waals surface area contributed by atoms with Crippen molar-refractivity contribution in [1.82, 2.24) is 20.4 Å². The quantitative estimate of drug-likeness (QED) is 0.641. The maximum absolute atomic E-state index is 12.1. The highest BCUT2D eigenvalue weighted by Crippen LogP contribution is 2.09. The van der Waals surface area contributed by atoms with Crippen LogP contribution in [0, 0.1) is 0 Å². The summed E-state index contributed by atoms with van der Waals surface area (Å²) in [4.78, 5) is 27.9. The van der Waals surface area contributed by atoms with Crippen LogP contribution in [-0.4, -0.2) is 87.2 Å². The van der Waals surface area contributed by atoms with Crippen molar-refractivity contribution < 1.29 is 14.3 Å². The summed E-state index contributed by atoms with van der Waals surface area (Å²) in [5.74, 6) is 0.132. The molecule has 2 fully saturated rings. The lowest BCUT2D eigenvalue weighted by Gasteiger charge is -2.35. The number of carbonyl (C=O) groups is 2. The molecule has 0 aromatic rings. The highest BCUT2D eigenvalue weighted by molar-refractivity contribution is 5.82. The minimum atomic E-state index is -0.274. The molecule has 2 heterocycles. The molecule has 2 amide bonds. The molecule has 0 aromatic carbocycles. The molecule has 7 heteroatoms. The lowest BCUT2D eigenvalue weighted by Crippen LogP contribution is -2.54. The Morgan fingerprint density at radius 3 is 2.75 bits per heavy atom. The molecule has 1 unspecified atom stereocenters. The van der Waals surface area contributed by atoms with Gasteiger partial charge in [0.25, 0.3) is 0 Å². The van der Waals surface area contributed by atoms with Crippen LogP contribution in [0.15, 0.2) is 0 Å². The molecule has 0 saturated carbocycles. The van der Waals surface area contributed by atoms with E-state index >= 15 is 0 Å². The highest BCUT2D eigenvalue weighted by atomic mass is 16.5. The molecule has 7 nitrogen and oxygen atoms in total. The normalized spacial score (nSPS) is 24.4. The molecule has 2 aliphatic heterocycles. The van der Waals surface area contributed by atoms with Gasteiger partial charge < -0.3 is 20.3 Å². The summed E-state index contributed by atoms with van der Waals surface area (Å²) in [6.07, 6.45) is 0.466. The van der Waals surface area contributed by atoms with Gasteiger partial charge in [0.15, 0.2) is 0 Å². The smallest absolute Gasteiger partial charge is 0.239 e. The number of morpholine rings is 1. The van der Waals surface area contributed by atoms with Gasteiger partial charge in [0.2, 0.25) is 11.8 Å². The van der Waals surface area contributed by atoms with Crippen LogP contribution in [0.1, 0.15) is 6.42 Å². The standard InChI is InChI=1S/C13H24N4O3/c1-14-13(19)11-10-20-9-8-16(11)5-2-12(18)17-6-3-15-4-7-17/h11,15H,2-10H2,1H3,(H,14,19). The molecule has 2 N–H and O–H groups in total. The molecule has 2 saturated heterocycles. The van der Waals surface area contributed by atoms with Crippen LogP contribution in [0.3, 0.4) is 0 Å². The van der Waals surface area contributed by atoms with Crippen LogP contribution in [0.2, 0.25) is 0 Å².